The van der Waals surface area contributed by atoms with E-state index < -0.39 is 0 Å². The molecular formula is C19H38. The molecule has 1 unspecified atom stereocenters. The van der Waals surface area contributed by atoms with Crippen LogP contribution in [0.5, 0.6) is 0 Å². The molecule has 0 bridgehead atoms. The van der Waals surface area contributed by atoms with Gasteiger partial charge in [0.2, 0.25) is 0 Å². The Morgan fingerprint density at radius 2 is 1.21 bits per heavy atom. The van der Waals surface area contributed by atoms with Crippen molar-refractivity contribution >= 4 is 0 Å². The van der Waals surface area contributed by atoms with Crippen molar-refractivity contribution in [1.29, 1.82) is 0 Å². The van der Waals surface area contributed by atoms with E-state index in [0.29, 0.717) is 5.41 Å². The maximum Gasteiger partial charge on any atom is -0.0328 e. The highest BCUT2D eigenvalue weighted by molar-refractivity contribution is 4.82. The van der Waals surface area contributed by atoms with E-state index in [4.69, 9.17) is 0 Å². The number of unbranched alkanes of at least 4 members (excludes halogenated alkanes) is 6. The molecule has 0 aliphatic rings. The first-order valence-corrected chi connectivity index (χ1v) is 8.83. The fraction of sp³-hybridized carbons (Fsp3) is 0.895. The average Bonchev–Trinajstić information content (AvgIpc) is 2.42. The van der Waals surface area contributed by atoms with Gasteiger partial charge in [0.15, 0.2) is 0 Å². The van der Waals surface area contributed by atoms with Crippen LogP contribution in [0.25, 0.3) is 0 Å². The molecule has 0 spiro atoms. The molecule has 114 valence electrons. The Bertz CT molecular complexity index is 204. The minimum atomic E-state index is 0.602. The minimum Gasteiger partial charge on any atom is -0.0885 e. The van der Waals surface area contributed by atoms with Crippen LogP contribution < -0.4 is 0 Å². The Kier molecular flexibility index (Phi) is 12.6. The minimum absolute atomic E-state index is 0.602. The van der Waals surface area contributed by atoms with E-state index in [9.17, 15) is 0 Å². The molecule has 0 saturated carbocycles. The third-order valence-electron chi connectivity index (χ3n) is 4.53. The zero-order valence-electron chi connectivity index (χ0n) is 14.1. The van der Waals surface area contributed by atoms with Gasteiger partial charge in [0, 0.05) is 0 Å². The second-order valence-electron chi connectivity index (χ2n) is 6.48. The molecule has 0 N–H and O–H groups in total. The van der Waals surface area contributed by atoms with E-state index >= 15 is 0 Å². The average molecular weight is 267 g/mol. The predicted molar refractivity (Wildman–Crippen MR) is 89.7 cm³/mol. The Hall–Kier alpha value is -0.260. The molecule has 0 saturated heterocycles. The van der Waals surface area contributed by atoms with Crippen molar-refractivity contribution in [1.82, 2.24) is 0 Å². The normalized spacial score (nSPS) is 14.9. The van der Waals surface area contributed by atoms with Crippen LogP contribution in [0.3, 0.4) is 0 Å². The van der Waals surface area contributed by atoms with Gasteiger partial charge in [0.1, 0.15) is 0 Å². The smallest absolute Gasteiger partial charge is 0.0328 e. The third-order valence-corrected chi connectivity index (χ3v) is 4.53. The van der Waals surface area contributed by atoms with Crippen LogP contribution >= 0.6 is 0 Å². The number of hydrogen-bond acceptors (Lipinski definition) is 0. The summed E-state index contributed by atoms with van der Waals surface area (Å²) in [4.78, 5) is 0. The number of hydrogen-bond donors (Lipinski definition) is 0. The summed E-state index contributed by atoms with van der Waals surface area (Å²) in [7, 11) is 0. The van der Waals surface area contributed by atoms with Crippen LogP contribution in [-0.4, -0.2) is 0 Å². The SMILES string of the molecule is CCCCCC=CCCCC(C)(CC)CCCCC. The summed E-state index contributed by atoms with van der Waals surface area (Å²) >= 11 is 0. The summed E-state index contributed by atoms with van der Waals surface area (Å²) in [6.45, 7) is 9.43. The number of rotatable bonds is 13. The second-order valence-corrected chi connectivity index (χ2v) is 6.48. The first kappa shape index (κ1) is 18.7. The van der Waals surface area contributed by atoms with Crippen molar-refractivity contribution < 1.29 is 0 Å². The van der Waals surface area contributed by atoms with E-state index in [0.717, 1.165) is 0 Å². The molecule has 0 aromatic rings. The topological polar surface area (TPSA) is 0 Å². The molecule has 19 heavy (non-hydrogen) atoms. The lowest BCUT2D eigenvalue weighted by molar-refractivity contribution is 0.245. The van der Waals surface area contributed by atoms with Crippen molar-refractivity contribution in [2.75, 3.05) is 0 Å². The lowest BCUT2D eigenvalue weighted by Gasteiger charge is -2.28. The Balaban J connectivity index is 3.64. The lowest BCUT2D eigenvalue weighted by Crippen LogP contribution is -2.14. The molecule has 0 aliphatic heterocycles. The summed E-state index contributed by atoms with van der Waals surface area (Å²) in [5.41, 5.74) is 0.602. The van der Waals surface area contributed by atoms with Gasteiger partial charge in [-0.2, -0.15) is 0 Å². The third kappa shape index (κ3) is 11.3. The highest BCUT2D eigenvalue weighted by Crippen LogP contribution is 2.34. The van der Waals surface area contributed by atoms with Crippen LogP contribution in [0.2, 0.25) is 0 Å². The maximum absolute atomic E-state index is 2.49. The molecule has 0 fully saturated rings. The Morgan fingerprint density at radius 3 is 1.79 bits per heavy atom. The molecule has 0 heteroatoms. The Morgan fingerprint density at radius 1 is 0.684 bits per heavy atom. The molecular weight excluding hydrogens is 228 g/mol. The van der Waals surface area contributed by atoms with Crippen LogP contribution in [0.15, 0.2) is 12.2 Å². The maximum atomic E-state index is 2.49. The molecule has 0 aromatic carbocycles. The quantitative estimate of drug-likeness (QED) is 0.242. The molecule has 0 nitrogen and oxygen atoms in total. The van der Waals surface area contributed by atoms with Crippen LogP contribution in [-0.2, 0) is 0 Å². The summed E-state index contributed by atoms with van der Waals surface area (Å²) in [6, 6.07) is 0. The standard InChI is InChI=1S/C19H38/c1-5-8-10-11-12-13-14-16-18-19(4,7-3)17-15-9-6-2/h12-13H,5-11,14-18H2,1-4H3. The van der Waals surface area contributed by atoms with E-state index in [1.165, 1.54) is 77.0 Å². The summed E-state index contributed by atoms with van der Waals surface area (Å²) < 4.78 is 0. The van der Waals surface area contributed by atoms with E-state index in [1.807, 2.05) is 0 Å². The monoisotopic (exact) mass is 266 g/mol. The van der Waals surface area contributed by atoms with Gasteiger partial charge in [-0.05, 0) is 43.9 Å². The zero-order valence-corrected chi connectivity index (χ0v) is 14.1. The Labute approximate surface area is 123 Å². The predicted octanol–water partition coefficient (Wildman–Crippen LogP) is 7.29. The molecule has 0 rings (SSSR count). The van der Waals surface area contributed by atoms with Crippen LogP contribution in [0.4, 0.5) is 0 Å². The first-order valence-electron chi connectivity index (χ1n) is 8.83. The van der Waals surface area contributed by atoms with Gasteiger partial charge in [0.25, 0.3) is 0 Å². The highest BCUT2D eigenvalue weighted by atomic mass is 14.3. The molecule has 0 heterocycles. The van der Waals surface area contributed by atoms with Crippen molar-refractivity contribution in [2.45, 2.75) is 105 Å². The van der Waals surface area contributed by atoms with Gasteiger partial charge in [-0.15, -0.1) is 0 Å². The molecule has 0 aliphatic carbocycles. The van der Waals surface area contributed by atoms with E-state index in [2.05, 4.69) is 39.8 Å². The van der Waals surface area contributed by atoms with Crippen molar-refractivity contribution in [3.8, 4) is 0 Å². The van der Waals surface area contributed by atoms with Crippen molar-refractivity contribution in [3.63, 3.8) is 0 Å². The highest BCUT2D eigenvalue weighted by Gasteiger charge is 2.20. The molecule has 0 aromatic heterocycles. The fourth-order valence-electron chi connectivity index (χ4n) is 2.67. The molecule has 0 amide bonds. The van der Waals surface area contributed by atoms with Gasteiger partial charge in [0.05, 0.1) is 0 Å². The molecule has 1 atom stereocenters. The van der Waals surface area contributed by atoms with Crippen molar-refractivity contribution in [3.05, 3.63) is 12.2 Å². The zero-order chi connectivity index (χ0) is 14.4. The van der Waals surface area contributed by atoms with E-state index in [-0.39, 0.29) is 0 Å². The van der Waals surface area contributed by atoms with Gasteiger partial charge in [-0.1, -0.05) is 78.4 Å². The largest absolute Gasteiger partial charge is 0.0885 e. The van der Waals surface area contributed by atoms with Gasteiger partial charge in [-0.3, -0.25) is 0 Å². The summed E-state index contributed by atoms with van der Waals surface area (Å²) in [6.07, 6.45) is 21.2. The van der Waals surface area contributed by atoms with Crippen LogP contribution in [0, 0.1) is 5.41 Å². The fourth-order valence-corrected chi connectivity index (χ4v) is 2.67. The second kappa shape index (κ2) is 12.8. The van der Waals surface area contributed by atoms with E-state index in [1.54, 1.807) is 0 Å². The van der Waals surface area contributed by atoms with Gasteiger partial charge in [-0.25, -0.2) is 0 Å². The van der Waals surface area contributed by atoms with Gasteiger partial charge >= 0.3 is 0 Å². The van der Waals surface area contributed by atoms with Gasteiger partial charge < -0.3 is 0 Å². The number of allylic oxidation sites excluding steroid dienone is 2. The molecule has 0 radical (unpaired) electrons. The summed E-state index contributed by atoms with van der Waals surface area (Å²) in [5, 5.41) is 0. The lowest BCUT2D eigenvalue weighted by atomic mass is 9.78. The first-order chi connectivity index (χ1) is 9.18. The summed E-state index contributed by atoms with van der Waals surface area (Å²) in [5.74, 6) is 0. The van der Waals surface area contributed by atoms with Crippen molar-refractivity contribution in [2.24, 2.45) is 5.41 Å². The van der Waals surface area contributed by atoms with Crippen LogP contribution in [0.1, 0.15) is 105 Å².